The Balaban J connectivity index is 1.24. The van der Waals surface area contributed by atoms with Gasteiger partial charge in [-0.3, -0.25) is 0 Å². The lowest BCUT2D eigenvalue weighted by Crippen LogP contribution is -2.61. The van der Waals surface area contributed by atoms with Gasteiger partial charge in [0, 0.05) is 33.8 Å². The van der Waals surface area contributed by atoms with Crippen LogP contribution in [0.5, 0.6) is 0 Å². The average Bonchev–Trinajstić information content (AvgIpc) is 3.61. The number of rotatable bonds is 3. The van der Waals surface area contributed by atoms with Crippen LogP contribution in [0, 0.1) is 20.8 Å². The molecule has 11 rings (SSSR count). The second-order valence-corrected chi connectivity index (χ2v) is 24.1. The van der Waals surface area contributed by atoms with Crippen molar-refractivity contribution in [2.45, 2.75) is 150 Å². The molecule has 65 heavy (non-hydrogen) atoms. The van der Waals surface area contributed by atoms with Gasteiger partial charge >= 0.3 is 0 Å². The normalized spacial score (nSPS) is 18.5. The lowest BCUT2D eigenvalue weighted by Gasteiger charge is -2.45. The second-order valence-electron chi connectivity index (χ2n) is 24.1. The minimum Gasteiger partial charge on any atom is -0.468 e. The molecular formula is C61H67BN2O. The number of hydrogen-bond acceptors (Lipinski definition) is 3. The van der Waals surface area contributed by atoms with Crippen LogP contribution in [-0.4, -0.2) is 6.71 Å². The quantitative estimate of drug-likeness (QED) is 0.165. The lowest BCUT2D eigenvalue weighted by molar-refractivity contribution is 0.332. The van der Waals surface area contributed by atoms with Gasteiger partial charge < -0.3 is 14.2 Å². The van der Waals surface area contributed by atoms with Gasteiger partial charge in [0.1, 0.15) is 5.58 Å². The van der Waals surface area contributed by atoms with Crippen molar-refractivity contribution in [3.63, 3.8) is 0 Å². The summed E-state index contributed by atoms with van der Waals surface area (Å²) in [6.45, 7) is 33.2. The van der Waals surface area contributed by atoms with Gasteiger partial charge in [-0.1, -0.05) is 125 Å². The summed E-state index contributed by atoms with van der Waals surface area (Å²) in [5.41, 5.74) is 25.7. The van der Waals surface area contributed by atoms with Gasteiger partial charge in [-0.2, -0.15) is 0 Å². The van der Waals surface area contributed by atoms with Gasteiger partial charge in [0.2, 0.25) is 0 Å². The van der Waals surface area contributed by atoms with Crippen LogP contribution in [0.4, 0.5) is 34.1 Å². The number of hydrogen-bond donors (Lipinski definition) is 0. The first-order chi connectivity index (χ1) is 30.6. The minimum absolute atomic E-state index is 0.0430. The standard InChI is InChI=1S/C61H67BN2O/c1-36-29-51-54-52(30-36)64(49-23-19-39(31-38(49)3)42-18-16-15-17-37(42)2)50-24-20-40(57(4,5)6)32-48(50)62(54)56-55(43-34-46-47(35-53(43)65-56)61(13,14)28-27-60(46,11)12)63(51)41-21-22-44-45(33-41)59(9,10)26-25-58(44,7)8/h15-24,29-35H,25-28H2,1-14H3. The minimum atomic E-state index is -0.106. The smallest absolute Gasteiger partial charge is 0.297 e. The lowest BCUT2D eigenvalue weighted by atomic mass is 9.35. The Morgan fingerprint density at radius 1 is 0.538 bits per heavy atom. The van der Waals surface area contributed by atoms with E-state index in [-0.39, 0.29) is 33.8 Å². The number of benzene rings is 6. The van der Waals surface area contributed by atoms with Crippen LogP contribution in [-0.2, 0) is 27.1 Å². The highest BCUT2D eigenvalue weighted by molar-refractivity contribution is 7.00. The fraction of sp³-hybridized carbons (Fsp3) is 0.377. The van der Waals surface area contributed by atoms with E-state index >= 15 is 0 Å². The molecule has 7 aromatic rings. The number of aryl methyl sites for hydroxylation is 3. The third kappa shape index (κ3) is 6.28. The maximum Gasteiger partial charge on any atom is 0.297 e. The van der Waals surface area contributed by atoms with E-state index in [1.165, 1.54) is 119 Å². The summed E-state index contributed by atoms with van der Waals surface area (Å²) in [6, 6.07) is 40.5. The molecule has 330 valence electrons. The Morgan fingerprint density at radius 3 is 1.78 bits per heavy atom. The zero-order valence-electron chi connectivity index (χ0n) is 41.5. The molecule has 4 aliphatic rings. The van der Waals surface area contributed by atoms with Crippen LogP contribution in [0.15, 0.2) is 108 Å². The molecule has 0 atom stereocenters. The van der Waals surface area contributed by atoms with Gasteiger partial charge in [-0.25, -0.2) is 0 Å². The molecule has 6 aromatic carbocycles. The molecule has 0 saturated heterocycles. The van der Waals surface area contributed by atoms with Crippen LogP contribution in [0.3, 0.4) is 0 Å². The second kappa shape index (κ2) is 13.8. The molecule has 0 radical (unpaired) electrons. The maximum atomic E-state index is 7.60. The van der Waals surface area contributed by atoms with E-state index in [1.807, 2.05) is 0 Å². The summed E-state index contributed by atoms with van der Waals surface area (Å²) < 4.78 is 7.60. The topological polar surface area (TPSA) is 19.6 Å². The Labute approximate surface area is 389 Å². The Hall–Kier alpha value is -5.48. The molecule has 1 aromatic heterocycles. The monoisotopic (exact) mass is 855 g/mol. The molecule has 3 nitrogen and oxygen atoms in total. The van der Waals surface area contributed by atoms with E-state index < -0.39 is 0 Å². The van der Waals surface area contributed by atoms with Crippen molar-refractivity contribution in [3.8, 4) is 11.1 Å². The van der Waals surface area contributed by atoms with E-state index in [9.17, 15) is 0 Å². The van der Waals surface area contributed by atoms with Crippen molar-refractivity contribution in [1.82, 2.24) is 0 Å². The van der Waals surface area contributed by atoms with Crippen molar-refractivity contribution < 1.29 is 4.42 Å². The first-order valence-electron chi connectivity index (χ1n) is 24.4. The fourth-order valence-corrected chi connectivity index (χ4v) is 12.4. The van der Waals surface area contributed by atoms with Crippen molar-refractivity contribution >= 4 is 68.4 Å². The van der Waals surface area contributed by atoms with Gasteiger partial charge in [-0.05, 0) is 195 Å². The summed E-state index contributed by atoms with van der Waals surface area (Å²) in [6.07, 6.45) is 4.68. The van der Waals surface area contributed by atoms with Crippen LogP contribution >= 0.6 is 0 Å². The Morgan fingerprint density at radius 2 is 1.14 bits per heavy atom. The van der Waals surface area contributed by atoms with Crippen LogP contribution < -0.4 is 26.4 Å². The predicted octanol–water partition coefficient (Wildman–Crippen LogP) is 15.1. The Bertz CT molecular complexity index is 3150. The maximum absolute atomic E-state index is 7.60. The highest BCUT2D eigenvalue weighted by Crippen LogP contribution is 2.54. The highest BCUT2D eigenvalue weighted by atomic mass is 16.3. The number of anilines is 6. The molecule has 0 saturated carbocycles. The first kappa shape index (κ1) is 42.2. The molecule has 0 N–H and O–H groups in total. The van der Waals surface area contributed by atoms with E-state index in [0.717, 1.165) is 24.1 Å². The fourth-order valence-electron chi connectivity index (χ4n) is 12.4. The summed E-state index contributed by atoms with van der Waals surface area (Å²) in [4.78, 5) is 5.20. The number of fused-ring (bicyclic) bond motifs is 8. The van der Waals surface area contributed by atoms with Crippen molar-refractivity contribution in [2.75, 3.05) is 9.80 Å². The summed E-state index contributed by atoms with van der Waals surface area (Å²) in [5, 5.41) is 1.22. The van der Waals surface area contributed by atoms with Crippen LogP contribution in [0.1, 0.15) is 146 Å². The van der Waals surface area contributed by atoms with E-state index in [2.05, 4.69) is 210 Å². The van der Waals surface area contributed by atoms with Crippen LogP contribution in [0.25, 0.3) is 22.1 Å². The molecule has 2 aliphatic carbocycles. The van der Waals surface area contributed by atoms with Gasteiger partial charge in [0.25, 0.3) is 6.71 Å². The first-order valence-corrected chi connectivity index (χ1v) is 24.4. The Kier molecular flexibility index (Phi) is 8.95. The van der Waals surface area contributed by atoms with Gasteiger partial charge in [0.05, 0.1) is 11.3 Å². The molecule has 0 spiro atoms. The molecule has 0 bridgehead atoms. The van der Waals surface area contributed by atoms with Gasteiger partial charge in [-0.15, -0.1) is 0 Å². The van der Waals surface area contributed by atoms with Crippen molar-refractivity contribution in [2.24, 2.45) is 0 Å². The molecule has 3 heterocycles. The van der Waals surface area contributed by atoms with Crippen molar-refractivity contribution in [3.05, 3.63) is 148 Å². The van der Waals surface area contributed by atoms with E-state index in [4.69, 9.17) is 4.42 Å². The zero-order chi connectivity index (χ0) is 45.9. The molecular weight excluding hydrogens is 787 g/mol. The summed E-state index contributed by atoms with van der Waals surface area (Å²) in [5.74, 6) is 0. The predicted molar refractivity (Wildman–Crippen MR) is 279 cm³/mol. The third-order valence-corrected chi connectivity index (χ3v) is 16.6. The number of furan rings is 1. The molecule has 0 fully saturated rings. The average molecular weight is 855 g/mol. The molecule has 0 unspecified atom stereocenters. The van der Waals surface area contributed by atoms with Crippen molar-refractivity contribution in [1.29, 1.82) is 0 Å². The SMILES string of the molecule is Cc1cc2c3c(c1)N(c1ccc4c(c1)C(C)(C)CCC4(C)C)c1c(oc4cc5c(cc14)C(C)(C)CCC5(C)C)B3c1cc(C(C)(C)C)ccc1N2c1ccc(-c2ccccc2C)cc1C. The summed E-state index contributed by atoms with van der Waals surface area (Å²) in [7, 11) is 0. The molecule has 0 amide bonds. The third-order valence-electron chi connectivity index (χ3n) is 16.6. The van der Waals surface area contributed by atoms with Gasteiger partial charge in [0.15, 0.2) is 0 Å². The van der Waals surface area contributed by atoms with Crippen LogP contribution in [0.2, 0.25) is 0 Å². The van der Waals surface area contributed by atoms with E-state index in [0.29, 0.717) is 0 Å². The molecule has 4 heteroatoms. The largest absolute Gasteiger partial charge is 0.468 e. The molecule has 2 aliphatic heterocycles. The number of nitrogens with zero attached hydrogens (tertiary/aromatic N) is 2. The zero-order valence-corrected chi connectivity index (χ0v) is 41.5. The summed E-state index contributed by atoms with van der Waals surface area (Å²) >= 11 is 0. The van der Waals surface area contributed by atoms with E-state index in [1.54, 1.807) is 0 Å². The highest BCUT2D eigenvalue weighted by Gasteiger charge is 2.49.